The monoisotopic (exact) mass is 390 g/mol. The van der Waals surface area contributed by atoms with E-state index in [0.29, 0.717) is 11.3 Å². The Morgan fingerprint density at radius 2 is 1.88 bits per heavy atom. The molecule has 2 aromatic carbocycles. The summed E-state index contributed by atoms with van der Waals surface area (Å²) in [7, 11) is 1.56. The Hall–Kier alpha value is -2.34. The van der Waals surface area contributed by atoms with Crippen molar-refractivity contribution < 1.29 is 14.3 Å². The number of rotatable bonds is 6. The van der Waals surface area contributed by atoms with Crippen LogP contribution in [0.2, 0.25) is 0 Å². The van der Waals surface area contributed by atoms with Crippen LogP contribution >= 0.6 is 15.9 Å². The molecule has 0 aliphatic rings. The standard InChI is InChI=1S/C18H19BrN2O3/c1-12(13-6-8-15(19)9-7-13)21-17(22)11-24-16-5-3-4-14(10-16)18(23)20-2/h3-10,12H,11H2,1-2H3,(H,20,23)(H,21,22). The van der Waals surface area contributed by atoms with Crippen LogP contribution in [0.15, 0.2) is 53.0 Å². The molecule has 6 heteroatoms. The van der Waals surface area contributed by atoms with Crippen LogP contribution in [-0.4, -0.2) is 25.5 Å². The molecule has 0 aliphatic heterocycles. The van der Waals surface area contributed by atoms with Gasteiger partial charge in [-0.1, -0.05) is 34.1 Å². The number of hydrogen-bond acceptors (Lipinski definition) is 3. The molecule has 0 spiro atoms. The lowest BCUT2D eigenvalue weighted by Crippen LogP contribution is -2.31. The summed E-state index contributed by atoms with van der Waals surface area (Å²) in [6.45, 7) is 1.80. The van der Waals surface area contributed by atoms with E-state index in [9.17, 15) is 9.59 Å². The number of amides is 2. The van der Waals surface area contributed by atoms with Gasteiger partial charge in [-0.05, 0) is 42.8 Å². The molecule has 0 saturated carbocycles. The average molecular weight is 391 g/mol. The zero-order valence-corrected chi connectivity index (χ0v) is 15.1. The van der Waals surface area contributed by atoms with E-state index in [0.717, 1.165) is 10.0 Å². The first-order valence-corrected chi connectivity index (χ1v) is 8.28. The third-order valence-corrected chi connectivity index (χ3v) is 3.97. The van der Waals surface area contributed by atoms with E-state index in [4.69, 9.17) is 4.74 Å². The second-order valence-electron chi connectivity index (χ2n) is 5.24. The number of carbonyl (C=O) groups excluding carboxylic acids is 2. The number of carbonyl (C=O) groups is 2. The highest BCUT2D eigenvalue weighted by Gasteiger charge is 2.11. The molecule has 0 aromatic heterocycles. The minimum absolute atomic E-state index is 0.113. The van der Waals surface area contributed by atoms with Crippen LogP contribution in [-0.2, 0) is 4.79 Å². The summed E-state index contributed by atoms with van der Waals surface area (Å²) >= 11 is 3.38. The number of ether oxygens (including phenoxy) is 1. The topological polar surface area (TPSA) is 67.4 Å². The molecule has 5 nitrogen and oxygen atoms in total. The molecule has 2 rings (SSSR count). The van der Waals surface area contributed by atoms with Gasteiger partial charge in [0.15, 0.2) is 6.61 Å². The van der Waals surface area contributed by atoms with Crippen molar-refractivity contribution >= 4 is 27.7 Å². The molecule has 2 N–H and O–H groups in total. The van der Waals surface area contributed by atoms with E-state index in [-0.39, 0.29) is 24.5 Å². The fourth-order valence-corrected chi connectivity index (χ4v) is 2.40. The van der Waals surface area contributed by atoms with Crippen molar-refractivity contribution in [3.63, 3.8) is 0 Å². The number of hydrogen-bond donors (Lipinski definition) is 2. The Balaban J connectivity index is 1.89. The van der Waals surface area contributed by atoms with Crippen molar-refractivity contribution in [2.75, 3.05) is 13.7 Å². The Bertz CT molecular complexity index is 716. The highest BCUT2D eigenvalue weighted by Crippen LogP contribution is 2.17. The molecule has 0 fully saturated rings. The zero-order chi connectivity index (χ0) is 17.5. The molecule has 1 atom stereocenters. The molecule has 2 aromatic rings. The predicted octanol–water partition coefficient (Wildman–Crippen LogP) is 3.06. The van der Waals surface area contributed by atoms with Gasteiger partial charge in [0.25, 0.3) is 11.8 Å². The van der Waals surface area contributed by atoms with E-state index in [1.165, 1.54) is 0 Å². The summed E-state index contributed by atoms with van der Waals surface area (Å²) in [5, 5.41) is 5.42. The van der Waals surface area contributed by atoms with Gasteiger partial charge in [-0.2, -0.15) is 0 Å². The summed E-state index contributed by atoms with van der Waals surface area (Å²) < 4.78 is 6.45. The molecule has 1 unspecified atom stereocenters. The van der Waals surface area contributed by atoms with Crippen molar-refractivity contribution in [2.45, 2.75) is 13.0 Å². The maximum Gasteiger partial charge on any atom is 0.258 e. The minimum Gasteiger partial charge on any atom is -0.484 e. The maximum absolute atomic E-state index is 12.0. The molecule has 2 amide bonds. The van der Waals surface area contributed by atoms with Crippen molar-refractivity contribution in [3.05, 3.63) is 64.1 Å². The van der Waals surface area contributed by atoms with Crippen molar-refractivity contribution in [3.8, 4) is 5.75 Å². The van der Waals surface area contributed by atoms with Crippen LogP contribution in [0.4, 0.5) is 0 Å². The van der Waals surface area contributed by atoms with Gasteiger partial charge in [0.05, 0.1) is 6.04 Å². The summed E-state index contributed by atoms with van der Waals surface area (Å²) in [4.78, 5) is 23.6. The number of halogens is 1. The molecule has 0 heterocycles. The number of benzene rings is 2. The highest BCUT2D eigenvalue weighted by atomic mass is 79.9. The van der Waals surface area contributed by atoms with E-state index in [2.05, 4.69) is 26.6 Å². The lowest BCUT2D eigenvalue weighted by atomic mass is 10.1. The van der Waals surface area contributed by atoms with E-state index in [1.807, 2.05) is 31.2 Å². The smallest absolute Gasteiger partial charge is 0.258 e. The molecule has 24 heavy (non-hydrogen) atoms. The molecule has 0 bridgehead atoms. The fourth-order valence-electron chi connectivity index (χ4n) is 2.14. The van der Waals surface area contributed by atoms with Crippen LogP contribution in [0.1, 0.15) is 28.9 Å². The first kappa shape index (κ1) is 18.0. The summed E-state index contributed by atoms with van der Waals surface area (Å²) in [5.74, 6) is 0.0482. The van der Waals surface area contributed by atoms with Crippen molar-refractivity contribution in [1.29, 1.82) is 0 Å². The normalized spacial score (nSPS) is 11.5. The SMILES string of the molecule is CNC(=O)c1cccc(OCC(=O)NC(C)c2ccc(Br)cc2)c1. The van der Waals surface area contributed by atoms with Gasteiger partial charge in [-0.3, -0.25) is 9.59 Å². The Labute approximate surface area is 149 Å². The van der Waals surface area contributed by atoms with Gasteiger partial charge >= 0.3 is 0 Å². The van der Waals surface area contributed by atoms with Gasteiger partial charge in [0.2, 0.25) is 0 Å². The highest BCUT2D eigenvalue weighted by molar-refractivity contribution is 9.10. The Morgan fingerprint density at radius 1 is 1.17 bits per heavy atom. The third kappa shape index (κ3) is 5.09. The lowest BCUT2D eigenvalue weighted by molar-refractivity contribution is -0.123. The van der Waals surface area contributed by atoms with Crippen molar-refractivity contribution in [2.24, 2.45) is 0 Å². The minimum atomic E-state index is -0.226. The second kappa shape index (κ2) is 8.49. The molecular weight excluding hydrogens is 372 g/mol. The number of nitrogens with one attached hydrogen (secondary N) is 2. The maximum atomic E-state index is 12.0. The van der Waals surface area contributed by atoms with Gasteiger partial charge in [0, 0.05) is 17.1 Å². The summed E-state index contributed by atoms with van der Waals surface area (Å²) in [6.07, 6.45) is 0. The van der Waals surface area contributed by atoms with E-state index >= 15 is 0 Å². The van der Waals surface area contributed by atoms with Crippen LogP contribution < -0.4 is 15.4 Å². The molecular formula is C18H19BrN2O3. The first-order valence-electron chi connectivity index (χ1n) is 7.49. The molecule has 0 saturated heterocycles. The molecule has 0 radical (unpaired) electrons. The Morgan fingerprint density at radius 3 is 2.54 bits per heavy atom. The Kier molecular flexibility index (Phi) is 6.37. The summed E-state index contributed by atoms with van der Waals surface area (Å²) in [6, 6.07) is 14.3. The van der Waals surface area contributed by atoms with Crippen LogP contribution in [0.3, 0.4) is 0 Å². The fraction of sp³-hybridized carbons (Fsp3) is 0.222. The van der Waals surface area contributed by atoms with Gasteiger partial charge in [-0.15, -0.1) is 0 Å². The average Bonchev–Trinajstić information content (AvgIpc) is 2.60. The van der Waals surface area contributed by atoms with Gasteiger partial charge in [-0.25, -0.2) is 0 Å². The first-order chi connectivity index (χ1) is 11.5. The van der Waals surface area contributed by atoms with Crippen LogP contribution in [0, 0.1) is 0 Å². The second-order valence-corrected chi connectivity index (χ2v) is 6.15. The molecule has 0 aliphatic carbocycles. The third-order valence-electron chi connectivity index (χ3n) is 3.44. The van der Waals surface area contributed by atoms with Crippen molar-refractivity contribution in [1.82, 2.24) is 10.6 Å². The van der Waals surface area contributed by atoms with Gasteiger partial charge < -0.3 is 15.4 Å². The van der Waals surface area contributed by atoms with E-state index in [1.54, 1.807) is 31.3 Å². The zero-order valence-electron chi connectivity index (χ0n) is 13.5. The van der Waals surface area contributed by atoms with Gasteiger partial charge in [0.1, 0.15) is 5.75 Å². The van der Waals surface area contributed by atoms with E-state index < -0.39 is 0 Å². The summed E-state index contributed by atoms with van der Waals surface area (Å²) in [5.41, 5.74) is 1.49. The predicted molar refractivity (Wildman–Crippen MR) is 96.0 cm³/mol. The van der Waals surface area contributed by atoms with Crippen LogP contribution in [0.5, 0.6) is 5.75 Å². The lowest BCUT2D eigenvalue weighted by Gasteiger charge is -2.15. The van der Waals surface area contributed by atoms with Crippen LogP contribution in [0.25, 0.3) is 0 Å². The quantitative estimate of drug-likeness (QED) is 0.796. The largest absolute Gasteiger partial charge is 0.484 e. The molecule has 126 valence electrons.